The Labute approximate surface area is 79.7 Å². The van der Waals surface area contributed by atoms with Gasteiger partial charge in [-0.15, -0.1) is 0 Å². The summed E-state index contributed by atoms with van der Waals surface area (Å²) in [5, 5.41) is 0. The van der Waals surface area contributed by atoms with Gasteiger partial charge < -0.3 is 4.74 Å². The molecule has 1 aromatic carbocycles. The van der Waals surface area contributed by atoms with Crippen molar-refractivity contribution < 1.29 is 4.74 Å². The highest BCUT2D eigenvalue weighted by Gasteiger charge is 2.28. The summed E-state index contributed by atoms with van der Waals surface area (Å²) in [7, 11) is 0. The Morgan fingerprint density at radius 1 is 1.31 bits per heavy atom. The predicted octanol–water partition coefficient (Wildman–Crippen LogP) is 2.80. The number of aryl methyl sites for hydroxylation is 1. The van der Waals surface area contributed by atoms with Crippen LogP contribution in [0.2, 0.25) is 0 Å². The lowest BCUT2D eigenvalue weighted by Gasteiger charge is -2.33. The quantitative estimate of drug-likeness (QED) is 0.590. The first-order valence-corrected chi connectivity index (χ1v) is 4.78. The maximum absolute atomic E-state index is 5.59. The molecule has 0 bridgehead atoms. The average molecular weight is 176 g/mol. The van der Waals surface area contributed by atoms with Crippen molar-refractivity contribution >= 4 is 0 Å². The van der Waals surface area contributed by atoms with Crippen LogP contribution in [0.25, 0.3) is 0 Å². The Kier molecular flexibility index (Phi) is 1.92. The molecule has 1 nitrogen and oxygen atoms in total. The van der Waals surface area contributed by atoms with E-state index in [9.17, 15) is 0 Å². The molecule has 0 unspecified atom stereocenters. The number of hydrogen-bond donors (Lipinski definition) is 0. The van der Waals surface area contributed by atoms with E-state index in [1.165, 1.54) is 16.7 Å². The minimum Gasteiger partial charge on any atom is -0.376 e. The van der Waals surface area contributed by atoms with E-state index in [1.54, 1.807) is 0 Å². The van der Waals surface area contributed by atoms with Gasteiger partial charge in [-0.2, -0.15) is 0 Å². The largest absolute Gasteiger partial charge is 0.376 e. The molecule has 0 atom stereocenters. The summed E-state index contributed by atoms with van der Waals surface area (Å²) < 4.78 is 5.59. The molecule has 0 saturated carbocycles. The molecule has 0 saturated heterocycles. The molecular weight excluding hydrogens is 160 g/mol. The Bertz CT molecular complexity index is 326. The van der Waals surface area contributed by atoms with Crippen molar-refractivity contribution in [1.82, 2.24) is 0 Å². The third kappa shape index (κ3) is 1.37. The summed E-state index contributed by atoms with van der Waals surface area (Å²) in [4.78, 5) is 0. The zero-order valence-electron chi connectivity index (χ0n) is 8.55. The van der Waals surface area contributed by atoms with E-state index in [1.807, 2.05) is 0 Å². The average Bonchev–Trinajstić information content (AvgIpc) is 2.06. The van der Waals surface area contributed by atoms with Crippen molar-refractivity contribution in [3.05, 3.63) is 34.9 Å². The monoisotopic (exact) mass is 176 g/mol. The van der Waals surface area contributed by atoms with Gasteiger partial charge in [-0.1, -0.05) is 32.0 Å². The fourth-order valence-corrected chi connectivity index (χ4v) is 2.01. The molecule has 1 aromatic rings. The zero-order chi connectivity index (χ0) is 9.47. The van der Waals surface area contributed by atoms with E-state index < -0.39 is 0 Å². The van der Waals surface area contributed by atoms with Gasteiger partial charge in [0, 0.05) is 5.41 Å². The molecule has 2 rings (SSSR count). The summed E-state index contributed by atoms with van der Waals surface area (Å²) in [6, 6.07) is 6.52. The van der Waals surface area contributed by atoms with Gasteiger partial charge in [-0.25, -0.2) is 0 Å². The molecule has 70 valence electrons. The number of ether oxygens (including phenoxy) is 1. The van der Waals surface area contributed by atoms with Crippen molar-refractivity contribution in [3.8, 4) is 0 Å². The van der Waals surface area contributed by atoms with Crippen LogP contribution in [0.4, 0.5) is 0 Å². The van der Waals surface area contributed by atoms with Gasteiger partial charge in [0.1, 0.15) is 0 Å². The molecule has 0 aliphatic carbocycles. The van der Waals surface area contributed by atoms with Gasteiger partial charge in [0.05, 0.1) is 13.2 Å². The van der Waals surface area contributed by atoms with Crippen molar-refractivity contribution in [2.45, 2.75) is 32.8 Å². The highest BCUT2D eigenvalue weighted by Crippen LogP contribution is 2.33. The van der Waals surface area contributed by atoms with Crippen molar-refractivity contribution in [1.29, 1.82) is 0 Å². The van der Waals surface area contributed by atoms with Gasteiger partial charge >= 0.3 is 0 Å². The molecule has 1 heterocycles. The second-order valence-corrected chi connectivity index (χ2v) is 4.48. The van der Waals surface area contributed by atoms with Crippen LogP contribution in [0.5, 0.6) is 0 Å². The Hall–Kier alpha value is -0.820. The SMILES string of the molecule is Cc1cccc2c1COCC2(C)C. The summed E-state index contributed by atoms with van der Waals surface area (Å²) in [6.07, 6.45) is 0. The van der Waals surface area contributed by atoms with Crippen LogP contribution >= 0.6 is 0 Å². The van der Waals surface area contributed by atoms with E-state index in [2.05, 4.69) is 39.0 Å². The van der Waals surface area contributed by atoms with E-state index in [0.717, 1.165) is 13.2 Å². The second kappa shape index (κ2) is 2.85. The van der Waals surface area contributed by atoms with E-state index in [4.69, 9.17) is 4.74 Å². The maximum Gasteiger partial charge on any atom is 0.0722 e. The molecular formula is C12H16O. The first kappa shape index (κ1) is 8.76. The van der Waals surface area contributed by atoms with E-state index in [-0.39, 0.29) is 5.41 Å². The molecule has 0 radical (unpaired) electrons. The minimum absolute atomic E-state index is 0.180. The molecule has 1 heteroatoms. The smallest absolute Gasteiger partial charge is 0.0722 e. The second-order valence-electron chi connectivity index (χ2n) is 4.48. The summed E-state index contributed by atoms with van der Waals surface area (Å²) in [5.41, 5.74) is 4.38. The van der Waals surface area contributed by atoms with Crippen LogP contribution in [-0.4, -0.2) is 6.61 Å². The molecule has 0 N–H and O–H groups in total. The number of fused-ring (bicyclic) bond motifs is 1. The third-order valence-corrected chi connectivity index (χ3v) is 2.85. The molecule has 0 amide bonds. The molecule has 0 fully saturated rings. The highest BCUT2D eigenvalue weighted by molar-refractivity contribution is 5.39. The zero-order valence-corrected chi connectivity index (χ0v) is 8.55. The van der Waals surface area contributed by atoms with Gasteiger partial charge in [0.15, 0.2) is 0 Å². The molecule has 13 heavy (non-hydrogen) atoms. The highest BCUT2D eigenvalue weighted by atomic mass is 16.5. The van der Waals surface area contributed by atoms with Crippen molar-refractivity contribution in [3.63, 3.8) is 0 Å². The minimum atomic E-state index is 0.180. The summed E-state index contributed by atoms with van der Waals surface area (Å²) in [5.74, 6) is 0. The molecule has 1 aliphatic heterocycles. The molecule has 0 aromatic heterocycles. The van der Waals surface area contributed by atoms with Crippen LogP contribution in [0.1, 0.15) is 30.5 Å². The van der Waals surface area contributed by atoms with E-state index >= 15 is 0 Å². The first-order valence-electron chi connectivity index (χ1n) is 4.78. The number of rotatable bonds is 0. The fraction of sp³-hybridized carbons (Fsp3) is 0.500. The first-order chi connectivity index (χ1) is 6.11. The Balaban J connectivity index is 2.58. The lowest BCUT2D eigenvalue weighted by molar-refractivity contribution is 0.0638. The standard InChI is InChI=1S/C12H16O/c1-9-5-4-6-11-10(9)7-13-8-12(11,2)3/h4-6H,7-8H2,1-3H3. The summed E-state index contributed by atoms with van der Waals surface area (Å²) in [6.45, 7) is 8.26. The Morgan fingerprint density at radius 2 is 2.08 bits per heavy atom. The third-order valence-electron chi connectivity index (χ3n) is 2.85. The van der Waals surface area contributed by atoms with E-state index in [0.29, 0.717) is 0 Å². The van der Waals surface area contributed by atoms with Crippen LogP contribution in [0.15, 0.2) is 18.2 Å². The van der Waals surface area contributed by atoms with Gasteiger partial charge in [-0.05, 0) is 23.6 Å². The predicted molar refractivity (Wildman–Crippen MR) is 53.9 cm³/mol. The molecule has 1 aliphatic rings. The normalized spacial score (nSPS) is 19.6. The van der Waals surface area contributed by atoms with Gasteiger partial charge in [0.2, 0.25) is 0 Å². The lowest BCUT2D eigenvalue weighted by atomic mass is 9.80. The van der Waals surface area contributed by atoms with Crippen molar-refractivity contribution in [2.75, 3.05) is 6.61 Å². The van der Waals surface area contributed by atoms with Crippen LogP contribution < -0.4 is 0 Å². The van der Waals surface area contributed by atoms with Crippen molar-refractivity contribution in [2.24, 2.45) is 0 Å². The maximum atomic E-state index is 5.59. The van der Waals surface area contributed by atoms with Crippen LogP contribution in [0.3, 0.4) is 0 Å². The number of hydrogen-bond acceptors (Lipinski definition) is 1. The van der Waals surface area contributed by atoms with Gasteiger partial charge in [-0.3, -0.25) is 0 Å². The summed E-state index contributed by atoms with van der Waals surface area (Å²) >= 11 is 0. The lowest BCUT2D eigenvalue weighted by Crippen LogP contribution is -2.30. The Morgan fingerprint density at radius 3 is 2.77 bits per heavy atom. The number of benzene rings is 1. The fourth-order valence-electron chi connectivity index (χ4n) is 2.01. The van der Waals surface area contributed by atoms with Gasteiger partial charge in [0.25, 0.3) is 0 Å². The van der Waals surface area contributed by atoms with Crippen LogP contribution in [-0.2, 0) is 16.8 Å². The molecule has 0 spiro atoms. The van der Waals surface area contributed by atoms with Crippen LogP contribution in [0, 0.1) is 6.92 Å². The topological polar surface area (TPSA) is 9.23 Å².